The van der Waals surface area contributed by atoms with Gasteiger partial charge in [0.15, 0.2) is 0 Å². The molecule has 0 amide bonds. The molecule has 0 aliphatic heterocycles. The van der Waals surface area contributed by atoms with Crippen LogP contribution in [0.25, 0.3) is 0 Å². The fourth-order valence-corrected chi connectivity index (χ4v) is 2.50. The Morgan fingerprint density at radius 1 is 1.44 bits per heavy atom. The number of nitrogens with zero attached hydrogens (tertiary/aromatic N) is 1. The summed E-state index contributed by atoms with van der Waals surface area (Å²) < 4.78 is 1.08. The van der Waals surface area contributed by atoms with E-state index >= 15 is 0 Å². The maximum absolute atomic E-state index is 5.90. The summed E-state index contributed by atoms with van der Waals surface area (Å²) in [5.74, 6) is 0. The van der Waals surface area contributed by atoms with Crippen LogP contribution in [-0.4, -0.2) is 12.1 Å². The number of hydrogen-bond donors (Lipinski definition) is 1. The fourth-order valence-electron chi connectivity index (χ4n) is 1.89. The van der Waals surface area contributed by atoms with E-state index in [9.17, 15) is 0 Å². The van der Waals surface area contributed by atoms with Crippen LogP contribution in [0.2, 0.25) is 0 Å². The van der Waals surface area contributed by atoms with Crippen molar-refractivity contribution in [1.82, 2.24) is 0 Å². The van der Waals surface area contributed by atoms with E-state index in [1.807, 2.05) is 13.0 Å². The first-order chi connectivity index (χ1) is 8.27. The molecule has 0 saturated carbocycles. The summed E-state index contributed by atoms with van der Waals surface area (Å²) in [5.41, 5.74) is 8.26. The summed E-state index contributed by atoms with van der Waals surface area (Å²) in [4.78, 5) is 2.31. The maximum Gasteiger partial charge on any atom is 0.0518 e. The lowest BCUT2D eigenvalue weighted by Crippen LogP contribution is -2.41. The Balaban J connectivity index is 3.18. The molecule has 0 fully saturated rings. The van der Waals surface area contributed by atoms with Crippen LogP contribution < -0.4 is 10.6 Å². The highest BCUT2D eigenvalue weighted by Gasteiger charge is 2.22. The van der Waals surface area contributed by atoms with Gasteiger partial charge in [0.2, 0.25) is 0 Å². The van der Waals surface area contributed by atoms with Crippen LogP contribution >= 0.6 is 15.9 Å². The topological polar surface area (TPSA) is 29.3 Å². The molecule has 2 N–H and O–H groups in total. The predicted molar refractivity (Wildman–Crippen MR) is 84.0 cm³/mol. The molecular formula is C15H23BrN2. The third kappa shape index (κ3) is 3.59. The lowest BCUT2D eigenvalue weighted by atomic mass is 10.0. The highest BCUT2D eigenvalue weighted by atomic mass is 79.9. The first-order valence-corrected chi connectivity index (χ1v) is 7.00. The van der Waals surface area contributed by atoms with E-state index in [-0.39, 0.29) is 11.6 Å². The van der Waals surface area contributed by atoms with Gasteiger partial charge in [-0.2, -0.15) is 0 Å². The minimum Gasteiger partial charge on any atom is -0.362 e. The van der Waals surface area contributed by atoms with E-state index < -0.39 is 0 Å². The highest BCUT2D eigenvalue weighted by Crippen LogP contribution is 2.33. The van der Waals surface area contributed by atoms with E-state index in [2.05, 4.69) is 66.4 Å². The molecule has 0 bridgehead atoms. The van der Waals surface area contributed by atoms with Gasteiger partial charge in [-0.15, -0.1) is 6.58 Å². The molecule has 0 heterocycles. The molecule has 2 nitrogen and oxygen atoms in total. The van der Waals surface area contributed by atoms with Gasteiger partial charge in [-0.3, -0.25) is 0 Å². The van der Waals surface area contributed by atoms with E-state index in [0.717, 1.165) is 16.6 Å². The van der Waals surface area contributed by atoms with Crippen molar-refractivity contribution >= 4 is 21.6 Å². The SMILES string of the molecule is C=CCN(c1ccc([C@H](C)N)cc1Br)C(C)(C)C. The molecule has 1 aromatic rings. The Morgan fingerprint density at radius 3 is 2.44 bits per heavy atom. The molecular weight excluding hydrogens is 288 g/mol. The Morgan fingerprint density at radius 2 is 2.06 bits per heavy atom. The quantitative estimate of drug-likeness (QED) is 0.842. The Hall–Kier alpha value is -0.800. The Kier molecular flexibility index (Phi) is 5.00. The van der Waals surface area contributed by atoms with Crippen molar-refractivity contribution in [3.05, 3.63) is 40.9 Å². The molecule has 0 aliphatic rings. The van der Waals surface area contributed by atoms with Crippen LogP contribution in [0.15, 0.2) is 35.3 Å². The normalized spacial score (nSPS) is 13.2. The van der Waals surface area contributed by atoms with Gasteiger partial charge in [-0.05, 0) is 61.3 Å². The summed E-state index contributed by atoms with van der Waals surface area (Å²) in [6.45, 7) is 13.2. The lowest BCUT2D eigenvalue weighted by Gasteiger charge is -2.37. The smallest absolute Gasteiger partial charge is 0.0518 e. The van der Waals surface area contributed by atoms with Crippen LogP contribution in [-0.2, 0) is 0 Å². The zero-order valence-electron chi connectivity index (χ0n) is 11.7. The molecule has 0 radical (unpaired) electrons. The molecule has 0 aliphatic carbocycles. The zero-order valence-corrected chi connectivity index (χ0v) is 13.3. The number of halogens is 1. The standard InChI is InChI=1S/C15H23BrN2/c1-6-9-18(15(3,4)5)14-8-7-12(11(2)17)10-13(14)16/h6-8,10-11H,1,9,17H2,2-5H3/t11-/m0/s1. The molecule has 0 spiro atoms. The highest BCUT2D eigenvalue weighted by molar-refractivity contribution is 9.10. The summed E-state index contributed by atoms with van der Waals surface area (Å²) in [6, 6.07) is 6.37. The molecule has 18 heavy (non-hydrogen) atoms. The second-order valence-corrected chi connectivity index (χ2v) is 6.42. The monoisotopic (exact) mass is 310 g/mol. The maximum atomic E-state index is 5.90. The van der Waals surface area contributed by atoms with Crippen LogP contribution in [0.5, 0.6) is 0 Å². The minimum atomic E-state index is 0.0482. The third-order valence-corrected chi connectivity index (χ3v) is 3.54. The Bertz CT molecular complexity index is 419. The van der Waals surface area contributed by atoms with Crippen molar-refractivity contribution in [3.63, 3.8) is 0 Å². The fraction of sp³-hybridized carbons (Fsp3) is 0.467. The van der Waals surface area contributed by atoms with Crippen LogP contribution in [0, 0.1) is 0 Å². The van der Waals surface area contributed by atoms with Gasteiger partial charge in [-0.1, -0.05) is 12.1 Å². The average Bonchev–Trinajstić information content (AvgIpc) is 2.24. The second-order valence-electron chi connectivity index (χ2n) is 5.57. The molecule has 0 unspecified atom stereocenters. The number of benzene rings is 1. The van der Waals surface area contributed by atoms with Gasteiger partial charge in [-0.25, -0.2) is 0 Å². The molecule has 3 heteroatoms. The van der Waals surface area contributed by atoms with E-state index in [1.165, 1.54) is 5.69 Å². The van der Waals surface area contributed by atoms with Crippen LogP contribution in [0.4, 0.5) is 5.69 Å². The summed E-state index contributed by atoms with van der Waals surface area (Å²) in [7, 11) is 0. The van der Waals surface area contributed by atoms with Crippen molar-refractivity contribution in [2.75, 3.05) is 11.4 Å². The van der Waals surface area contributed by atoms with Crippen molar-refractivity contribution in [3.8, 4) is 0 Å². The number of hydrogen-bond acceptors (Lipinski definition) is 2. The molecule has 0 aromatic heterocycles. The number of rotatable bonds is 4. The van der Waals surface area contributed by atoms with E-state index in [1.54, 1.807) is 0 Å². The third-order valence-electron chi connectivity index (χ3n) is 2.91. The number of nitrogens with two attached hydrogens (primary N) is 1. The van der Waals surface area contributed by atoms with Gasteiger partial charge in [0, 0.05) is 22.6 Å². The summed E-state index contributed by atoms with van der Waals surface area (Å²) in [6.07, 6.45) is 1.93. The average molecular weight is 311 g/mol. The summed E-state index contributed by atoms with van der Waals surface area (Å²) >= 11 is 3.65. The number of anilines is 1. The summed E-state index contributed by atoms with van der Waals surface area (Å²) in [5, 5.41) is 0. The van der Waals surface area contributed by atoms with E-state index in [4.69, 9.17) is 5.73 Å². The van der Waals surface area contributed by atoms with Gasteiger partial charge >= 0.3 is 0 Å². The van der Waals surface area contributed by atoms with Crippen molar-refractivity contribution < 1.29 is 0 Å². The molecule has 1 rings (SSSR count). The molecule has 1 atom stereocenters. The first-order valence-electron chi connectivity index (χ1n) is 6.21. The Labute approximate surface area is 119 Å². The van der Waals surface area contributed by atoms with Gasteiger partial charge in [0.25, 0.3) is 0 Å². The van der Waals surface area contributed by atoms with Crippen molar-refractivity contribution in [1.29, 1.82) is 0 Å². The zero-order chi connectivity index (χ0) is 13.9. The minimum absolute atomic E-state index is 0.0482. The molecule has 0 saturated heterocycles. The predicted octanol–water partition coefficient (Wildman–Crippen LogP) is 4.26. The second kappa shape index (κ2) is 5.89. The van der Waals surface area contributed by atoms with Crippen LogP contribution in [0.3, 0.4) is 0 Å². The molecule has 1 aromatic carbocycles. The lowest BCUT2D eigenvalue weighted by molar-refractivity contribution is 0.521. The van der Waals surface area contributed by atoms with Crippen molar-refractivity contribution in [2.45, 2.75) is 39.3 Å². The van der Waals surface area contributed by atoms with Crippen molar-refractivity contribution in [2.24, 2.45) is 5.73 Å². The first kappa shape index (κ1) is 15.3. The van der Waals surface area contributed by atoms with Gasteiger partial charge in [0.1, 0.15) is 0 Å². The largest absolute Gasteiger partial charge is 0.362 e. The van der Waals surface area contributed by atoms with Gasteiger partial charge in [0.05, 0.1) is 5.69 Å². The van der Waals surface area contributed by atoms with Gasteiger partial charge < -0.3 is 10.6 Å². The van der Waals surface area contributed by atoms with Crippen LogP contribution in [0.1, 0.15) is 39.3 Å². The molecule has 100 valence electrons. The van der Waals surface area contributed by atoms with E-state index in [0.29, 0.717) is 0 Å².